The number of amides is 4. The van der Waals surface area contributed by atoms with Crippen LogP contribution in [0.15, 0.2) is 79.0 Å². The van der Waals surface area contributed by atoms with Gasteiger partial charge in [-0.15, -0.1) is 0 Å². The Hall–Kier alpha value is -4.75. The Morgan fingerprint density at radius 1 is 0.912 bits per heavy atom. The summed E-state index contributed by atoms with van der Waals surface area (Å²) in [6, 6.07) is 21.9. The summed E-state index contributed by atoms with van der Waals surface area (Å²) in [4.78, 5) is 65.4. The number of hydrogen-bond donors (Lipinski definition) is 1. The topological polar surface area (TPSA) is 115 Å². The number of carbonyl (C=O) groups is 4. The van der Waals surface area contributed by atoms with Crippen LogP contribution in [-0.4, -0.2) is 112 Å². The summed E-state index contributed by atoms with van der Waals surface area (Å²) in [6.45, 7) is 9.89. The number of halogens is 2. The summed E-state index contributed by atoms with van der Waals surface area (Å²) < 4.78 is 33.6. The van der Waals surface area contributed by atoms with E-state index in [-0.39, 0.29) is 61.6 Å². The summed E-state index contributed by atoms with van der Waals surface area (Å²) in [7, 11) is 0. The van der Waals surface area contributed by atoms with Gasteiger partial charge in [0.1, 0.15) is 5.60 Å². The third kappa shape index (κ3) is 11.4. The van der Waals surface area contributed by atoms with Crippen LogP contribution in [0.4, 0.5) is 13.6 Å². The number of unbranched alkanes of at least 4 members (excludes halogenated alkanes) is 1. The number of ether oxygens (including phenoxy) is 1. The Morgan fingerprint density at radius 3 is 2.23 bits per heavy atom. The lowest BCUT2D eigenvalue weighted by atomic mass is 9.86. The number of pyridine rings is 1. The third-order valence-electron chi connectivity index (χ3n) is 11.1. The monoisotopic (exact) mass is 786 g/mol. The standard InChI is InChI=1S/C44H56F2N6O5/c1-43(2,3)57-42(56)51-28-27-49(26-20-38(32-13-5-4-6-14-32)48-39(53)33-18-21-44(45,46)22-19-33)30-35(51)31-50(29-34-15-9-10-23-47-34)24-11-12-25-52-40(54)36-16-7-8-17-37(36)41(52)55/h4-10,13-17,23,33,35,38H,11-12,18-22,24-31H2,1-3H3,(H,48,53)/t35-,38+/m1/s1. The Morgan fingerprint density at radius 2 is 1.58 bits per heavy atom. The second-order valence-electron chi connectivity index (χ2n) is 16.6. The number of rotatable bonds is 15. The molecule has 1 saturated heterocycles. The molecule has 1 N–H and O–H groups in total. The average Bonchev–Trinajstić information content (AvgIpc) is 3.42. The highest BCUT2D eigenvalue weighted by molar-refractivity contribution is 6.21. The molecule has 6 rings (SSSR count). The van der Waals surface area contributed by atoms with Crippen molar-refractivity contribution in [2.75, 3.05) is 45.8 Å². The first kappa shape index (κ1) is 41.9. The maximum atomic E-state index is 13.9. The predicted octanol–water partition coefficient (Wildman–Crippen LogP) is 6.95. The maximum absolute atomic E-state index is 13.9. The summed E-state index contributed by atoms with van der Waals surface area (Å²) in [5.74, 6) is -3.84. The number of nitrogens with one attached hydrogen (secondary N) is 1. The molecule has 2 atom stereocenters. The molecular weight excluding hydrogens is 731 g/mol. The number of benzene rings is 2. The number of alkyl halides is 2. The van der Waals surface area contributed by atoms with E-state index in [2.05, 4.69) is 20.1 Å². The van der Waals surface area contributed by atoms with Gasteiger partial charge in [0, 0.05) is 70.8 Å². The number of fused-ring (bicyclic) bond motifs is 1. The van der Waals surface area contributed by atoms with Gasteiger partial charge >= 0.3 is 6.09 Å². The van der Waals surface area contributed by atoms with E-state index in [1.54, 1.807) is 30.5 Å². The lowest BCUT2D eigenvalue weighted by molar-refractivity contribution is -0.130. The average molecular weight is 787 g/mol. The second-order valence-corrected chi connectivity index (χ2v) is 16.6. The quantitative estimate of drug-likeness (QED) is 0.130. The molecule has 3 aromatic rings. The molecule has 1 aromatic heterocycles. The van der Waals surface area contributed by atoms with Gasteiger partial charge in [0.2, 0.25) is 11.8 Å². The lowest BCUT2D eigenvalue weighted by Crippen LogP contribution is -2.59. The molecule has 306 valence electrons. The van der Waals surface area contributed by atoms with Crippen molar-refractivity contribution in [3.05, 3.63) is 101 Å². The minimum atomic E-state index is -2.71. The van der Waals surface area contributed by atoms with Crippen molar-refractivity contribution in [1.82, 2.24) is 29.9 Å². The van der Waals surface area contributed by atoms with Crippen molar-refractivity contribution in [1.29, 1.82) is 0 Å². The van der Waals surface area contributed by atoms with Crippen LogP contribution in [-0.2, 0) is 16.1 Å². The molecular formula is C44H56F2N6O5. The second kappa shape index (κ2) is 18.7. The van der Waals surface area contributed by atoms with E-state index in [0.717, 1.165) is 11.3 Å². The molecule has 11 nitrogen and oxygen atoms in total. The number of hydrogen-bond acceptors (Lipinski definition) is 8. The van der Waals surface area contributed by atoms with Crippen LogP contribution in [0.1, 0.15) is 104 Å². The van der Waals surface area contributed by atoms with Gasteiger partial charge in [-0.05, 0) is 89.2 Å². The van der Waals surface area contributed by atoms with E-state index in [9.17, 15) is 28.0 Å². The van der Waals surface area contributed by atoms with E-state index < -0.39 is 17.4 Å². The highest BCUT2D eigenvalue weighted by atomic mass is 19.3. The van der Waals surface area contributed by atoms with E-state index >= 15 is 0 Å². The summed E-state index contributed by atoms with van der Waals surface area (Å²) in [6.07, 6.45) is 3.13. The largest absolute Gasteiger partial charge is 0.444 e. The van der Waals surface area contributed by atoms with Crippen molar-refractivity contribution in [3.8, 4) is 0 Å². The van der Waals surface area contributed by atoms with Gasteiger partial charge < -0.3 is 15.0 Å². The van der Waals surface area contributed by atoms with Crippen LogP contribution in [0.5, 0.6) is 0 Å². The zero-order chi connectivity index (χ0) is 40.6. The number of aromatic nitrogens is 1. The number of nitrogens with zero attached hydrogens (tertiary/aromatic N) is 5. The molecule has 0 bridgehead atoms. The Bertz CT molecular complexity index is 1800. The van der Waals surface area contributed by atoms with Crippen molar-refractivity contribution < 1.29 is 32.7 Å². The Balaban J connectivity index is 1.13. The van der Waals surface area contributed by atoms with Gasteiger partial charge in [-0.2, -0.15) is 0 Å². The molecule has 3 aliphatic rings. The highest BCUT2D eigenvalue weighted by Gasteiger charge is 2.39. The van der Waals surface area contributed by atoms with Crippen molar-refractivity contribution >= 4 is 23.8 Å². The van der Waals surface area contributed by atoms with Crippen molar-refractivity contribution in [2.45, 2.75) is 95.9 Å². The van der Waals surface area contributed by atoms with E-state index in [1.807, 2.05) is 74.2 Å². The van der Waals surface area contributed by atoms with E-state index in [4.69, 9.17) is 4.74 Å². The van der Waals surface area contributed by atoms with Crippen molar-refractivity contribution in [3.63, 3.8) is 0 Å². The molecule has 57 heavy (non-hydrogen) atoms. The van der Waals surface area contributed by atoms with Gasteiger partial charge in [-0.3, -0.25) is 34.1 Å². The molecule has 1 saturated carbocycles. The first-order valence-electron chi connectivity index (χ1n) is 20.3. The minimum Gasteiger partial charge on any atom is -0.444 e. The van der Waals surface area contributed by atoms with E-state index in [0.29, 0.717) is 82.7 Å². The molecule has 0 spiro atoms. The Labute approximate surface area is 334 Å². The molecule has 2 fully saturated rings. The fourth-order valence-electron chi connectivity index (χ4n) is 8.05. The number of piperazine rings is 1. The van der Waals surface area contributed by atoms with Crippen LogP contribution >= 0.6 is 0 Å². The fraction of sp³-hybridized carbons (Fsp3) is 0.523. The molecule has 1 aliphatic carbocycles. The van der Waals surface area contributed by atoms with Gasteiger partial charge in [0.05, 0.1) is 28.9 Å². The first-order chi connectivity index (χ1) is 27.3. The molecule has 2 aromatic carbocycles. The van der Waals surface area contributed by atoms with Crippen LogP contribution in [0.2, 0.25) is 0 Å². The van der Waals surface area contributed by atoms with Gasteiger partial charge in [0.25, 0.3) is 11.8 Å². The molecule has 3 heterocycles. The highest BCUT2D eigenvalue weighted by Crippen LogP contribution is 2.36. The fourth-order valence-corrected chi connectivity index (χ4v) is 8.05. The lowest BCUT2D eigenvalue weighted by Gasteiger charge is -2.43. The van der Waals surface area contributed by atoms with Crippen LogP contribution in [0, 0.1) is 5.92 Å². The summed E-state index contributed by atoms with van der Waals surface area (Å²) in [5.41, 5.74) is 2.05. The zero-order valence-electron chi connectivity index (χ0n) is 33.4. The molecule has 13 heteroatoms. The van der Waals surface area contributed by atoms with Crippen LogP contribution in [0.3, 0.4) is 0 Å². The number of imide groups is 1. The zero-order valence-corrected chi connectivity index (χ0v) is 33.4. The van der Waals surface area contributed by atoms with Crippen LogP contribution in [0.25, 0.3) is 0 Å². The molecule has 0 radical (unpaired) electrons. The molecule has 4 amide bonds. The third-order valence-corrected chi connectivity index (χ3v) is 11.1. The first-order valence-corrected chi connectivity index (χ1v) is 20.3. The predicted molar refractivity (Wildman–Crippen MR) is 213 cm³/mol. The smallest absolute Gasteiger partial charge is 0.410 e. The van der Waals surface area contributed by atoms with Gasteiger partial charge in [-0.1, -0.05) is 48.5 Å². The number of carbonyl (C=O) groups excluding carboxylic acids is 4. The van der Waals surface area contributed by atoms with Gasteiger partial charge in [-0.25, -0.2) is 13.6 Å². The van der Waals surface area contributed by atoms with Crippen LogP contribution < -0.4 is 5.32 Å². The van der Waals surface area contributed by atoms with Crippen molar-refractivity contribution in [2.24, 2.45) is 5.92 Å². The molecule has 0 unspecified atom stereocenters. The Kier molecular flexibility index (Phi) is 13.7. The van der Waals surface area contributed by atoms with E-state index in [1.165, 1.54) is 4.90 Å². The summed E-state index contributed by atoms with van der Waals surface area (Å²) >= 11 is 0. The maximum Gasteiger partial charge on any atom is 0.410 e. The summed E-state index contributed by atoms with van der Waals surface area (Å²) in [5, 5.41) is 3.20. The SMILES string of the molecule is CC(C)(C)OC(=O)N1CCN(CC[C@H](NC(=O)C2CCC(F)(F)CC2)c2ccccc2)C[C@@H]1CN(CCCCN1C(=O)c2ccccc2C1=O)Cc1ccccn1. The normalized spacial score (nSPS) is 19.4. The molecule has 2 aliphatic heterocycles. The van der Waals surface area contributed by atoms with Gasteiger partial charge in [0.15, 0.2) is 0 Å². The minimum absolute atomic E-state index is 0.173.